The highest BCUT2D eigenvalue weighted by Crippen LogP contribution is 2.35. The van der Waals surface area contributed by atoms with E-state index in [1.54, 1.807) is 30.3 Å². The second-order valence-corrected chi connectivity index (χ2v) is 9.30. The summed E-state index contributed by atoms with van der Waals surface area (Å²) >= 11 is 0. The van der Waals surface area contributed by atoms with Gasteiger partial charge in [-0.15, -0.1) is 0 Å². The van der Waals surface area contributed by atoms with Gasteiger partial charge in [0.15, 0.2) is 0 Å². The summed E-state index contributed by atoms with van der Waals surface area (Å²) in [6.45, 7) is 0. The molecule has 0 bridgehead atoms. The Morgan fingerprint density at radius 2 is 1.91 bits per heavy atom. The van der Waals surface area contributed by atoms with Gasteiger partial charge in [-0.25, -0.2) is 13.4 Å². The minimum absolute atomic E-state index is 0.0360. The van der Waals surface area contributed by atoms with E-state index in [1.165, 1.54) is 23.2 Å². The van der Waals surface area contributed by atoms with E-state index in [0.29, 0.717) is 22.5 Å². The van der Waals surface area contributed by atoms with Gasteiger partial charge in [-0.3, -0.25) is 24.4 Å². The average Bonchev–Trinajstić information content (AvgIpc) is 3.18. The van der Waals surface area contributed by atoms with Crippen LogP contribution in [0.1, 0.15) is 42.9 Å². The number of non-ortho nitro benzene ring substituents is 1. The number of rotatable bonds is 9. The van der Waals surface area contributed by atoms with E-state index in [9.17, 15) is 28.1 Å². The molecule has 0 spiro atoms. The topological polar surface area (TPSA) is 159 Å². The summed E-state index contributed by atoms with van der Waals surface area (Å²) in [6.07, 6.45) is 1.27. The van der Waals surface area contributed by atoms with Crippen molar-refractivity contribution < 1.29 is 28.0 Å². The predicted molar refractivity (Wildman–Crippen MR) is 120 cm³/mol. The van der Waals surface area contributed by atoms with Crippen molar-refractivity contribution in [2.75, 3.05) is 11.0 Å². The molecule has 11 nitrogen and oxygen atoms in total. The molecule has 33 heavy (non-hydrogen) atoms. The zero-order chi connectivity index (χ0) is 24.2. The fourth-order valence-electron chi connectivity index (χ4n) is 3.47. The summed E-state index contributed by atoms with van der Waals surface area (Å²) in [6, 6.07) is 11.8. The first kappa shape index (κ1) is 23.9. The highest BCUT2D eigenvalue weighted by molar-refractivity contribution is 7.92. The van der Waals surface area contributed by atoms with Crippen LogP contribution in [-0.2, 0) is 19.6 Å². The lowest BCUT2D eigenvalue weighted by Gasteiger charge is -2.22. The molecule has 0 aromatic heterocycles. The molecule has 1 heterocycles. The molecule has 1 amide bonds. The van der Waals surface area contributed by atoms with E-state index < -0.39 is 32.9 Å². The van der Waals surface area contributed by atoms with Crippen LogP contribution in [0.25, 0.3) is 0 Å². The number of hydrogen-bond acceptors (Lipinski definition) is 7. The molecule has 1 aliphatic heterocycles. The zero-order valence-electron chi connectivity index (χ0n) is 17.7. The van der Waals surface area contributed by atoms with E-state index in [1.807, 2.05) is 0 Å². The fraction of sp³-hybridized carbons (Fsp3) is 0.286. The number of anilines is 1. The Kier molecular flexibility index (Phi) is 7.07. The van der Waals surface area contributed by atoms with E-state index in [-0.39, 0.29) is 31.4 Å². The lowest BCUT2D eigenvalue weighted by molar-refractivity contribution is -0.385. The molecule has 0 radical (unpaired) electrons. The second kappa shape index (κ2) is 9.77. The third-order valence-electron chi connectivity index (χ3n) is 4.93. The number of nitrogens with zero attached hydrogens (tertiary/aromatic N) is 3. The Balaban J connectivity index is 1.89. The Morgan fingerprint density at radius 1 is 1.21 bits per heavy atom. The highest BCUT2D eigenvalue weighted by atomic mass is 32.2. The average molecular weight is 474 g/mol. The van der Waals surface area contributed by atoms with Gasteiger partial charge in [0.05, 0.1) is 22.9 Å². The number of carboxylic acid groups (broad SMARTS) is 1. The second-order valence-electron chi connectivity index (χ2n) is 7.56. The van der Waals surface area contributed by atoms with Crippen molar-refractivity contribution in [2.45, 2.75) is 31.7 Å². The Hall–Kier alpha value is -3.80. The number of benzene rings is 2. The van der Waals surface area contributed by atoms with E-state index in [0.717, 1.165) is 6.26 Å². The molecule has 12 heteroatoms. The van der Waals surface area contributed by atoms with Crippen LogP contribution >= 0.6 is 0 Å². The smallest absolute Gasteiger partial charge is 0.303 e. The molecule has 2 aromatic rings. The number of nitro benzene ring substituents is 1. The molecular formula is C21H22N4O7S. The summed E-state index contributed by atoms with van der Waals surface area (Å²) < 4.78 is 25.2. The number of carbonyl (C=O) groups is 2. The lowest BCUT2D eigenvalue weighted by Crippen LogP contribution is -2.27. The number of hydrazone groups is 1. The van der Waals surface area contributed by atoms with Crippen LogP contribution in [0.4, 0.5) is 11.4 Å². The van der Waals surface area contributed by atoms with Crippen molar-refractivity contribution in [2.24, 2.45) is 5.10 Å². The maximum Gasteiger partial charge on any atom is 0.303 e. The molecule has 2 N–H and O–H groups in total. The zero-order valence-corrected chi connectivity index (χ0v) is 18.5. The van der Waals surface area contributed by atoms with Crippen LogP contribution in [0, 0.1) is 10.1 Å². The fourth-order valence-corrected chi connectivity index (χ4v) is 4.03. The number of amides is 1. The molecule has 1 unspecified atom stereocenters. The van der Waals surface area contributed by atoms with Crippen molar-refractivity contribution >= 4 is 39.0 Å². The van der Waals surface area contributed by atoms with Crippen LogP contribution in [0.3, 0.4) is 0 Å². The Bertz CT molecular complexity index is 1210. The van der Waals surface area contributed by atoms with E-state index >= 15 is 0 Å². The van der Waals surface area contributed by atoms with Gasteiger partial charge in [0.2, 0.25) is 15.9 Å². The van der Waals surface area contributed by atoms with Gasteiger partial charge in [-0.1, -0.05) is 24.3 Å². The largest absolute Gasteiger partial charge is 0.481 e. The lowest BCUT2D eigenvalue weighted by atomic mass is 9.97. The number of nitro groups is 1. The minimum atomic E-state index is -3.43. The van der Waals surface area contributed by atoms with Gasteiger partial charge in [0, 0.05) is 37.1 Å². The molecule has 1 aliphatic rings. The van der Waals surface area contributed by atoms with Crippen molar-refractivity contribution in [3.63, 3.8) is 0 Å². The van der Waals surface area contributed by atoms with Gasteiger partial charge in [0.25, 0.3) is 5.69 Å². The van der Waals surface area contributed by atoms with Crippen LogP contribution in [0.15, 0.2) is 53.6 Å². The normalized spacial score (nSPS) is 15.7. The molecule has 3 rings (SSSR count). The number of nitrogens with one attached hydrogen (secondary N) is 1. The van der Waals surface area contributed by atoms with Crippen LogP contribution in [-0.4, -0.2) is 47.3 Å². The van der Waals surface area contributed by atoms with Gasteiger partial charge < -0.3 is 5.11 Å². The van der Waals surface area contributed by atoms with Gasteiger partial charge in [-0.05, 0) is 29.7 Å². The molecule has 1 atom stereocenters. The number of carbonyl (C=O) groups excluding carboxylic acids is 1. The monoisotopic (exact) mass is 474 g/mol. The molecule has 0 fully saturated rings. The minimum Gasteiger partial charge on any atom is -0.481 e. The number of sulfonamides is 1. The molecular weight excluding hydrogens is 452 g/mol. The van der Waals surface area contributed by atoms with Gasteiger partial charge >= 0.3 is 5.97 Å². The maximum absolute atomic E-state index is 12.8. The first-order valence-corrected chi connectivity index (χ1v) is 11.9. The maximum atomic E-state index is 12.8. The summed E-state index contributed by atoms with van der Waals surface area (Å²) in [7, 11) is -3.43. The SMILES string of the molecule is CS(=O)(=O)Nc1ccc(C2=NN(C(=O)CCCC(=O)O)C(c3cccc([N+](=O)[O-])c3)C2)cc1. The van der Waals surface area contributed by atoms with Crippen LogP contribution in [0.5, 0.6) is 0 Å². The Labute approximate surface area is 189 Å². The number of hydrogen-bond donors (Lipinski definition) is 2. The summed E-state index contributed by atoms with van der Waals surface area (Å²) in [5.41, 5.74) is 1.99. The molecule has 0 aliphatic carbocycles. The molecule has 2 aromatic carbocycles. The van der Waals surface area contributed by atoms with Crippen LogP contribution < -0.4 is 4.72 Å². The summed E-state index contributed by atoms with van der Waals surface area (Å²) in [4.78, 5) is 34.3. The summed E-state index contributed by atoms with van der Waals surface area (Å²) in [5.74, 6) is -1.40. The number of aliphatic carboxylic acids is 1. The first-order chi connectivity index (χ1) is 15.5. The molecule has 0 saturated heterocycles. The molecule has 174 valence electrons. The van der Waals surface area contributed by atoms with Crippen molar-refractivity contribution in [1.82, 2.24) is 5.01 Å². The summed E-state index contributed by atoms with van der Waals surface area (Å²) in [5, 5.41) is 25.7. The van der Waals surface area contributed by atoms with Crippen LogP contribution in [0.2, 0.25) is 0 Å². The third-order valence-corrected chi connectivity index (χ3v) is 5.54. The first-order valence-electron chi connectivity index (χ1n) is 9.97. The van der Waals surface area contributed by atoms with Crippen molar-refractivity contribution in [3.8, 4) is 0 Å². The van der Waals surface area contributed by atoms with Crippen molar-refractivity contribution in [3.05, 3.63) is 69.8 Å². The van der Waals surface area contributed by atoms with Gasteiger partial charge in [-0.2, -0.15) is 5.10 Å². The molecule has 0 saturated carbocycles. The van der Waals surface area contributed by atoms with Crippen molar-refractivity contribution in [1.29, 1.82) is 0 Å². The number of carboxylic acids is 1. The Morgan fingerprint density at radius 3 is 2.52 bits per heavy atom. The highest BCUT2D eigenvalue weighted by Gasteiger charge is 2.33. The van der Waals surface area contributed by atoms with E-state index in [4.69, 9.17) is 5.11 Å². The predicted octanol–water partition coefficient (Wildman–Crippen LogP) is 2.90. The standard InChI is InChI=1S/C21H22N4O7S/c1-33(31,32)23-16-10-8-14(9-11-16)18-13-19(15-4-2-5-17(12-15)25(29)30)24(22-18)20(26)6-3-7-21(27)28/h2,4-5,8-12,19,23H,3,6-7,13H2,1H3,(H,27,28). The van der Waals surface area contributed by atoms with Gasteiger partial charge in [0.1, 0.15) is 0 Å². The van der Waals surface area contributed by atoms with E-state index in [2.05, 4.69) is 9.82 Å². The third kappa shape index (κ3) is 6.35. The quantitative estimate of drug-likeness (QED) is 0.417.